The third-order valence-corrected chi connectivity index (χ3v) is 3.15. The molecule has 1 heterocycles. The maximum Gasteiger partial charge on any atom is 0.422 e. The van der Waals surface area contributed by atoms with Crippen LogP contribution in [0.2, 0.25) is 0 Å². The summed E-state index contributed by atoms with van der Waals surface area (Å²) >= 11 is 3.40. The Morgan fingerprint density at radius 2 is 2.06 bits per heavy atom. The van der Waals surface area contributed by atoms with Crippen LogP contribution in [0.3, 0.4) is 0 Å². The summed E-state index contributed by atoms with van der Waals surface area (Å²) in [6.07, 6.45) is 0.795. The van der Waals surface area contributed by atoms with Crippen molar-refractivity contribution in [2.24, 2.45) is 0 Å². The number of aromatic nitrogens is 1. The second-order valence-electron chi connectivity index (χ2n) is 3.95. The highest BCUT2D eigenvalue weighted by atomic mass is 79.9. The number of halogens is 1. The van der Waals surface area contributed by atoms with Gasteiger partial charge in [0.2, 0.25) is 0 Å². The fourth-order valence-electron chi connectivity index (χ4n) is 1.87. The Labute approximate surface area is 106 Å². The lowest BCUT2D eigenvalue weighted by Gasteiger charge is -2.09. The van der Waals surface area contributed by atoms with E-state index in [9.17, 15) is 9.59 Å². The van der Waals surface area contributed by atoms with Crippen LogP contribution in [0.5, 0.6) is 0 Å². The number of benzene rings is 1. The third-order valence-electron chi connectivity index (χ3n) is 2.55. The van der Waals surface area contributed by atoms with Gasteiger partial charge in [0.1, 0.15) is 0 Å². The second-order valence-corrected chi connectivity index (χ2v) is 4.80. The van der Waals surface area contributed by atoms with E-state index in [-0.39, 0.29) is 0 Å². The molecule has 2 aromatic rings. The van der Waals surface area contributed by atoms with Crippen LogP contribution in [0.4, 0.5) is 0 Å². The molecule has 17 heavy (non-hydrogen) atoms. The summed E-state index contributed by atoms with van der Waals surface area (Å²) in [5.74, 6) is -0.603. The van der Waals surface area contributed by atoms with Crippen LogP contribution in [-0.2, 0) is 6.54 Å². The highest BCUT2D eigenvalue weighted by Gasteiger charge is 2.12. The molecule has 0 aliphatic rings. The van der Waals surface area contributed by atoms with Crippen molar-refractivity contribution in [2.45, 2.75) is 26.8 Å². The van der Waals surface area contributed by atoms with Crippen molar-refractivity contribution < 1.29 is 4.42 Å². The molecule has 0 atom stereocenters. The van der Waals surface area contributed by atoms with E-state index in [4.69, 9.17) is 4.42 Å². The molecule has 0 spiro atoms. The summed E-state index contributed by atoms with van der Waals surface area (Å²) in [6, 6.07) is 3.62. The Bertz CT molecular complexity index is 684. The molecular weight excluding hydrogens is 286 g/mol. The van der Waals surface area contributed by atoms with Crippen molar-refractivity contribution >= 4 is 26.8 Å². The maximum atomic E-state index is 11.7. The van der Waals surface area contributed by atoms with Crippen molar-refractivity contribution in [3.63, 3.8) is 0 Å². The Morgan fingerprint density at radius 1 is 1.35 bits per heavy atom. The fourth-order valence-corrected chi connectivity index (χ4v) is 2.66. The van der Waals surface area contributed by atoms with Crippen LogP contribution < -0.4 is 11.4 Å². The number of aryl methyl sites for hydroxylation is 2. The lowest BCUT2D eigenvalue weighted by Crippen LogP contribution is -2.25. The SMILES string of the molecule is CCCn1c(=O)oc(=O)c2cc(C)cc(Br)c21. The van der Waals surface area contributed by atoms with E-state index < -0.39 is 11.4 Å². The molecule has 0 aliphatic carbocycles. The van der Waals surface area contributed by atoms with E-state index >= 15 is 0 Å². The average Bonchev–Trinajstić information content (AvgIpc) is 2.24. The molecule has 90 valence electrons. The molecule has 1 aromatic heterocycles. The topological polar surface area (TPSA) is 52.2 Å². The van der Waals surface area contributed by atoms with Crippen LogP contribution in [0.1, 0.15) is 18.9 Å². The molecule has 2 rings (SSSR count). The number of rotatable bonds is 2. The number of hydrogen-bond acceptors (Lipinski definition) is 3. The summed E-state index contributed by atoms with van der Waals surface area (Å²) < 4.78 is 6.94. The van der Waals surface area contributed by atoms with E-state index in [2.05, 4.69) is 15.9 Å². The highest BCUT2D eigenvalue weighted by molar-refractivity contribution is 9.10. The summed E-state index contributed by atoms with van der Waals surface area (Å²) in [5, 5.41) is 0.435. The van der Waals surface area contributed by atoms with Crippen LogP contribution in [0, 0.1) is 6.92 Å². The summed E-state index contributed by atoms with van der Waals surface area (Å²) in [5.41, 5.74) is 0.971. The van der Waals surface area contributed by atoms with Gasteiger partial charge in [-0.25, -0.2) is 9.59 Å². The predicted molar refractivity (Wildman–Crippen MR) is 69.5 cm³/mol. The highest BCUT2D eigenvalue weighted by Crippen LogP contribution is 2.22. The molecule has 0 bridgehead atoms. The minimum atomic E-state index is -0.603. The van der Waals surface area contributed by atoms with Gasteiger partial charge in [-0.1, -0.05) is 6.92 Å². The zero-order valence-corrected chi connectivity index (χ0v) is 11.2. The molecule has 0 saturated heterocycles. The molecule has 4 nitrogen and oxygen atoms in total. The van der Waals surface area contributed by atoms with Crippen LogP contribution in [0.15, 0.2) is 30.6 Å². The van der Waals surface area contributed by atoms with Crippen LogP contribution in [-0.4, -0.2) is 4.57 Å². The number of hydrogen-bond donors (Lipinski definition) is 0. The standard InChI is InChI=1S/C12H12BrNO3/c1-3-4-14-10-8(11(15)17-12(14)16)5-7(2)6-9(10)13/h5-6H,3-4H2,1-2H3. The van der Waals surface area contributed by atoms with Crippen molar-refractivity contribution in [1.82, 2.24) is 4.57 Å². The lowest BCUT2D eigenvalue weighted by atomic mass is 10.2. The maximum absolute atomic E-state index is 11.7. The first kappa shape index (κ1) is 12.1. The minimum Gasteiger partial charge on any atom is -0.372 e. The normalized spacial score (nSPS) is 11.0. The molecule has 1 aromatic carbocycles. The molecule has 0 fully saturated rings. The van der Waals surface area contributed by atoms with Gasteiger partial charge in [0.05, 0.1) is 10.9 Å². The van der Waals surface area contributed by atoms with E-state index in [0.29, 0.717) is 17.4 Å². The molecule has 0 saturated carbocycles. The van der Waals surface area contributed by atoms with Crippen LogP contribution >= 0.6 is 15.9 Å². The lowest BCUT2D eigenvalue weighted by molar-refractivity contribution is 0.415. The predicted octanol–water partition coefficient (Wildman–Crippen LogP) is 2.44. The third kappa shape index (κ3) is 2.07. The largest absolute Gasteiger partial charge is 0.422 e. The van der Waals surface area contributed by atoms with E-state index in [1.54, 1.807) is 6.07 Å². The molecule has 0 N–H and O–H groups in total. The monoisotopic (exact) mass is 297 g/mol. The Morgan fingerprint density at radius 3 is 2.71 bits per heavy atom. The van der Waals surface area contributed by atoms with E-state index in [1.807, 2.05) is 19.9 Å². The van der Waals surface area contributed by atoms with Gasteiger partial charge >= 0.3 is 11.4 Å². The fraction of sp³-hybridized carbons (Fsp3) is 0.333. The van der Waals surface area contributed by atoms with Crippen molar-refractivity contribution in [3.05, 3.63) is 43.1 Å². The van der Waals surface area contributed by atoms with Gasteiger partial charge in [-0.2, -0.15) is 0 Å². The van der Waals surface area contributed by atoms with Gasteiger partial charge in [0, 0.05) is 11.0 Å². The van der Waals surface area contributed by atoms with Gasteiger partial charge in [-0.15, -0.1) is 0 Å². The Balaban J connectivity index is 3.00. The molecule has 0 amide bonds. The first-order chi connectivity index (χ1) is 8.04. The Kier molecular flexibility index (Phi) is 3.19. The molecule has 0 aliphatic heterocycles. The zero-order valence-electron chi connectivity index (χ0n) is 9.62. The van der Waals surface area contributed by atoms with E-state index in [1.165, 1.54) is 4.57 Å². The van der Waals surface area contributed by atoms with Gasteiger partial charge in [-0.05, 0) is 47.0 Å². The van der Waals surface area contributed by atoms with Crippen molar-refractivity contribution in [1.29, 1.82) is 0 Å². The van der Waals surface area contributed by atoms with Gasteiger partial charge in [0.25, 0.3) is 0 Å². The van der Waals surface area contributed by atoms with Crippen molar-refractivity contribution in [2.75, 3.05) is 0 Å². The van der Waals surface area contributed by atoms with Gasteiger partial charge < -0.3 is 4.42 Å². The number of nitrogens with zero attached hydrogens (tertiary/aromatic N) is 1. The molecule has 0 unspecified atom stereocenters. The summed E-state index contributed by atoms with van der Waals surface area (Å²) in [7, 11) is 0. The second kappa shape index (κ2) is 4.49. The van der Waals surface area contributed by atoms with Gasteiger partial charge in [-0.3, -0.25) is 4.57 Å². The quantitative estimate of drug-likeness (QED) is 0.855. The van der Waals surface area contributed by atoms with Gasteiger partial charge in [0.15, 0.2) is 0 Å². The van der Waals surface area contributed by atoms with Crippen molar-refractivity contribution in [3.8, 4) is 0 Å². The minimum absolute atomic E-state index is 0.435. The Hall–Kier alpha value is -1.36. The smallest absolute Gasteiger partial charge is 0.372 e. The molecule has 5 heteroatoms. The first-order valence-electron chi connectivity index (χ1n) is 5.38. The molecular formula is C12H12BrNO3. The van der Waals surface area contributed by atoms with Crippen LogP contribution in [0.25, 0.3) is 10.9 Å². The van der Waals surface area contributed by atoms with E-state index in [0.717, 1.165) is 16.5 Å². The zero-order chi connectivity index (χ0) is 12.6. The summed E-state index contributed by atoms with van der Waals surface area (Å²) in [6.45, 7) is 4.38. The number of fused-ring (bicyclic) bond motifs is 1. The average molecular weight is 298 g/mol. The summed E-state index contributed by atoms with van der Waals surface area (Å²) in [4.78, 5) is 23.3. The molecule has 0 radical (unpaired) electrons. The first-order valence-corrected chi connectivity index (χ1v) is 6.17.